The third-order valence-corrected chi connectivity index (χ3v) is 6.87. The number of carbonyl (C=O) groups excluding carboxylic acids is 3. The number of amides is 2. The maximum atomic E-state index is 14.2. The van der Waals surface area contributed by atoms with Gasteiger partial charge in [0.05, 0.1) is 24.8 Å². The number of fused-ring (bicyclic) bond motifs is 1. The molecule has 0 aromatic carbocycles. The van der Waals surface area contributed by atoms with Gasteiger partial charge in [0.15, 0.2) is 11.4 Å². The van der Waals surface area contributed by atoms with Crippen molar-refractivity contribution < 1.29 is 59.0 Å². The van der Waals surface area contributed by atoms with E-state index in [0.29, 0.717) is 0 Å². The zero-order valence-corrected chi connectivity index (χ0v) is 23.0. The third-order valence-electron chi connectivity index (χ3n) is 6.87. The molecule has 0 aliphatic carbocycles. The summed E-state index contributed by atoms with van der Waals surface area (Å²) in [4.78, 5) is 46.1. The number of halogens is 8. The van der Waals surface area contributed by atoms with Gasteiger partial charge in [0.1, 0.15) is 12.4 Å². The van der Waals surface area contributed by atoms with Crippen LogP contribution in [0.15, 0.2) is 0 Å². The van der Waals surface area contributed by atoms with Crippen molar-refractivity contribution in [3.05, 3.63) is 22.8 Å². The Balaban J connectivity index is 2.20. The number of alkyl halides is 8. The van der Waals surface area contributed by atoms with Gasteiger partial charge in [0.25, 0.3) is 0 Å². The number of rotatable bonds is 7. The van der Waals surface area contributed by atoms with Crippen LogP contribution in [0.4, 0.5) is 39.9 Å². The first-order valence-electron chi connectivity index (χ1n) is 12.6. The van der Waals surface area contributed by atoms with E-state index >= 15 is 0 Å². The molecule has 18 heteroatoms. The summed E-state index contributed by atoms with van der Waals surface area (Å²) in [5.74, 6) is -9.41. The largest absolute Gasteiger partial charge is 0.461 e. The van der Waals surface area contributed by atoms with Crippen molar-refractivity contribution in [2.45, 2.75) is 77.2 Å². The van der Waals surface area contributed by atoms with Crippen LogP contribution < -0.4 is 5.73 Å². The summed E-state index contributed by atoms with van der Waals surface area (Å²) in [6, 6.07) is 0. The number of hydrogen-bond acceptors (Lipinski definition) is 8. The maximum Gasteiger partial charge on any atom is 0.461 e. The van der Waals surface area contributed by atoms with E-state index in [4.69, 9.17) is 15.2 Å². The molecule has 0 spiro atoms. The lowest BCUT2D eigenvalue weighted by atomic mass is 9.84. The summed E-state index contributed by atoms with van der Waals surface area (Å²) in [7, 11) is 0. The lowest BCUT2D eigenvalue weighted by Crippen LogP contribution is -2.63. The lowest BCUT2D eigenvalue weighted by molar-refractivity contribution is -0.293. The molecule has 0 unspecified atom stereocenters. The molecule has 2 aliphatic rings. The van der Waals surface area contributed by atoms with Crippen LogP contribution in [-0.4, -0.2) is 81.8 Å². The number of ketones is 1. The van der Waals surface area contributed by atoms with Crippen molar-refractivity contribution in [2.24, 2.45) is 11.1 Å². The fourth-order valence-electron chi connectivity index (χ4n) is 4.60. The second kappa shape index (κ2) is 11.2. The quantitative estimate of drug-likeness (QED) is 0.460. The zero-order chi connectivity index (χ0) is 32.1. The Morgan fingerprint density at radius 3 is 2.21 bits per heavy atom. The molecule has 42 heavy (non-hydrogen) atoms. The van der Waals surface area contributed by atoms with Crippen LogP contribution in [0.1, 0.15) is 56.9 Å². The first kappa shape index (κ1) is 33.4. The smallest absolute Gasteiger partial charge is 0.425 e. The molecule has 1 fully saturated rings. The first-order chi connectivity index (χ1) is 19.0. The standard InChI is InChI=1S/C24H29F8N5O5/c1-12-8-36(16(39)10-41-12)11-21(42-19(33)40,7-15(38)20(2,3)4)37-6-5-13-14(9-37)34-18(22(25,26)24(30,31)32)35-17(13)23(27,28)29/h12H,5-11H2,1-4H3,(H2,33,40)/t12-,21-/m0/s1. The number of nitrogens with two attached hydrogens (primary N) is 1. The van der Waals surface area contributed by atoms with Crippen LogP contribution >= 0.6 is 0 Å². The molecule has 3 rings (SSSR count). The highest BCUT2D eigenvalue weighted by atomic mass is 19.4. The van der Waals surface area contributed by atoms with Crippen LogP contribution in [-0.2, 0) is 44.1 Å². The Morgan fingerprint density at radius 1 is 1.07 bits per heavy atom. The molecule has 0 bridgehead atoms. The minimum absolute atomic E-state index is 0.0564. The molecule has 2 aliphatic heterocycles. The first-order valence-corrected chi connectivity index (χ1v) is 12.6. The van der Waals surface area contributed by atoms with Crippen molar-refractivity contribution >= 4 is 17.8 Å². The van der Waals surface area contributed by atoms with E-state index in [1.54, 1.807) is 6.92 Å². The van der Waals surface area contributed by atoms with Gasteiger partial charge in [-0.15, -0.1) is 0 Å². The van der Waals surface area contributed by atoms with Gasteiger partial charge in [-0.25, -0.2) is 14.8 Å². The topological polar surface area (TPSA) is 128 Å². The van der Waals surface area contributed by atoms with Crippen molar-refractivity contribution in [2.75, 3.05) is 26.2 Å². The van der Waals surface area contributed by atoms with Gasteiger partial charge >= 0.3 is 24.4 Å². The average molecular weight is 620 g/mol. The molecule has 2 N–H and O–H groups in total. The molecule has 10 nitrogen and oxygen atoms in total. The normalized spacial score (nSPS) is 20.6. The number of aromatic nitrogens is 2. The molecule has 2 atom stereocenters. The molecule has 1 saturated heterocycles. The molecule has 3 heterocycles. The van der Waals surface area contributed by atoms with E-state index in [9.17, 15) is 49.5 Å². The van der Waals surface area contributed by atoms with E-state index in [1.807, 2.05) is 0 Å². The van der Waals surface area contributed by atoms with Crippen LogP contribution in [0.25, 0.3) is 0 Å². The predicted molar refractivity (Wildman–Crippen MR) is 126 cm³/mol. The van der Waals surface area contributed by atoms with Gasteiger partial charge in [-0.3, -0.25) is 14.5 Å². The lowest BCUT2D eigenvalue weighted by Gasteiger charge is -2.47. The van der Waals surface area contributed by atoms with Crippen LogP contribution in [0.5, 0.6) is 0 Å². The Kier molecular flexibility index (Phi) is 8.87. The fourth-order valence-corrected chi connectivity index (χ4v) is 4.60. The molecule has 2 amide bonds. The molecule has 0 saturated carbocycles. The van der Waals surface area contributed by atoms with Crippen molar-refractivity contribution in [1.82, 2.24) is 19.8 Å². The van der Waals surface area contributed by atoms with E-state index in [1.165, 1.54) is 25.7 Å². The highest BCUT2D eigenvalue weighted by Crippen LogP contribution is 2.45. The molecular weight excluding hydrogens is 590 g/mol. The second-order valence-electron chi connectivity index (χ2n) is 11.2. The maximum absolute atomic E-state index is 14.2. The molecule has 0 radical (unpaired) electrons. The number of primary amides is 1. The third kappa shape index (κ3) is 6.90. The number of morpholine rings is 1. The van der Waals surface area contributed by atoms with Crippen LogP contribution in [0, 0.1) is 5.41 Å². The summed E-state index contributed by atoms with van der Waals surface area (Å²) in [5.41, 5.74) is -1.50. The predicted octanol–water partition coefficient (Wildman–Crippen LogP) is 3.55. The highest BCUT2D eigenvalue weighted by Gasteiger charge is 2.62. The van der Waals surface area contributed by atoms with Gasteiger partial charge in [0.2, 0.25) is 11.7 Å². The summed E-state index contributed by atoms with van der Waals surface area (Å²) >= 11 is 0. The monoisotopic (exact) mass is 619 g/mol. The van der Waals surface area contributed by atoms with Gasteiger partial charge in [0, 0.05) is 30.6 Å². The Bertz CT molecular complexity index is 1230. The molecule has 236 valence electrons. The summed E-state index contributed by atoms with van der Waals surface area (Å²) in [6.07, 6.45) is -15.0. The second-order valence-corrected chi connectivity index (χ2v) is 11.2. The minimum atomic E-state index is -6.32. The highest BCUT2D eigenvalue weighted by molar-refractivity contribution is 5.85. The Hall–Kier alpha value is -3.15. The number of Topliss-reactive ketones (excluding diaryl/α,β-unsaturated/α-hetero) is 1. The number of nitrogens with zero attached hydrogens (tertiary/aromatic N) is 4. The van der Waals surface area contributed by atoms with E-state index in [0.717, 1.165) is 4.90 Å². The molecule has 1 aromatic heterocycles. The van der Waals surface area contributed by atoms with Crippen molar-refractivity contribution in [3.8, 4) is 0 Å². The fraction of sp³-hybridized carbons (Fsp3) is 0.708. The van der Waals surface area contributed by atoms with E-state index in [2.05, 4.69) is 9.97 Å². The Labute approximate surface area is 234 Å². The van der Waals surface area contributed by atoms with Crippen molar-refractivity contribution in [1.29, 1.82) is 0 Å². The van der Waals surface area contributed by atoms with Gasteiger partial charge in [-0.05, 0) is 13.3 Å². The van der Waals surface area contributed by atoms with E-state index in [-0.39, 0.29) is 13.2 Å². The average Bonchev–Trinajstić information content (AvgIpc) is 2.82. The number of ether oxygens (including phenoxy) is 2. The van der Waals surface area contributed by atoms with E-state index < -0.39 is 109 Å². The minimum Gasteiger partial charge on any atom is -0.425 e. The summed E-state index contributed by atoms with van der Waals surface area (Å²) in [6.45, 7) is 3.85. The van der Waals surface area contributed by atoms with Crippen LogP contribution in [0.2, 0.25) is 0 Å². The molecule has 1 aromatic rings. The van der Waals surface area contributed by atoms with Crippen LogP contribution in [0.3, 0.4) is 0 Å². The van der Waals surface area contributed by atoms with Gasteiger partial charge in [-0.2, -0.15) is 35.1 Å². The number of carbonyl (C=O) groups is 3. The summed E-state index contributed by atoms with van der Waals surface area (Å²) < 4.78 is 120. The van der Waals surface area contributed by atoms with Crippen molar-refractivity contribution in [3.63, 3.8) is 0 Å². The molecular formula is C24H29F8N5O5. The zero-order valence-electron chi connectivity index (χ0n) is 23.0. The summed E-state index contributed by atoms with van der Waals surface area (Å²) in [5, 5.41) is 0. The SMILES string of the molecule is C[C@H]1CN(C[C@](CC(=O)C(C)(C)C)(OC(N)=O)N2CCc3c(nc(C(F)(F)C(F)(F)F)nc3C(F)(F)F)C2)C(=O)CO1. The number of hydrogen-bond donors (Lipinski definition) is 1. The van der Waals surface area contributed by atoms with Gasteiger partial charge in [-0.1, -0.05) is 20.8 Å². The Morgan fingerprint density at radius 2 is 1.69 bits per heavy atom. The van der Waals surface area contributed by atoms with Gasteiger partial charge < -0.3 is 20.1 Å².